The fraction of sp³-hybridized carbons (Fsp3) is 0.538. The summed E-state index contributed by atoms with van der Waals surface area (Å²) in [4.78, 5) is 2.42. The van der Waals surface area contributed by atoms with Gasteiger partial charge in [0.05, 0.1) is 24.8 Å². The van der Waals surface area contributed by atoms with Crippen molar-refractivity contribution in [3.05, 3.63) is 29.8 Å². The highest BCUT2D eigenvalue weighted by atomic mass is 32.2. The summed E-state index contributed by atoms with van der Waals surface area (Å²) in [7, 11) is -1.79. The Kier molecular flexibility index (Phi) is 4.57. The van der Waals surface area contributed by atoms with Crippen LogP contribution in [0.2, 0.25) is 0 Å². The van der Waals surface area contributed by atoms with E-state index in [1.54, 1.807) is 19.2 Å². The van der Waals surface area contributed by atoms with Crippen LogP contribution in [-0.4, -0.2) is 57.6 Å². The molecule has 1 fully saturated rings. The first kappa shape index (κ1) is 14.5. The second kappa shape index (κ2) is 6.00. The van der Waals surface area contributed by atoms with Crippen LogP contribution in [0.25, 0.3) is 0 Å². The van der Waals surface area contributed by atoms with Crippen molar-refractivity contribution in [3.63, 3.8) is 0 Å². The number of morpholine rings is 1. The smallest absolute Gasteiger partial charge is 0.243 e. The van der Waals surface area contributed by atoms with E-state index >= 15 is 0 Å². The highest BCUT2D eigenvalue weighted by molar-refractivity contribution is 7.89. The Hall–Kier alpha value is -0.950. The van der Waals surface area contributed by atoms with Crippen molar-refractivity contribution in [2.75, 3.05) is 40.0 Å². The second-order valence-corrected chi connectivity index (χ2v) is 6.83. The standard InChI is InChI=1S/C13H20N2O3S/c1-12-3-5-13(6-4-12)19(16,17)14(2)11-15-7-9-18-10-8-15/h3-6H,7-11H2,1-2H3. The van der Waals surface area contributed by atoms with Crippen LogP contribution in [0, 0.1) is 6.92 Å². The zero-order chi connectivity index (χ0) is 13.9. The predicted octanol–water partition coefficient (Wildman–Crippen LogP) is 0.905. The fourth-order valence-corrected chi connectivity index (χ4v) is 3.15. The first-order valence-corrected chi connectivity index (χ1v) is 7.77. The molecule has 0 atom stereocenters. The van der Waals surface area contributed by atoms with Crippen LogP contribution in [0.4, 0.5) is 0 Å². The Morgan fingerprint density at radius 2 is 1.79 bits per heavy atom. The average molecular weight is 284 g/mol. The highest BCUT2D eigenvalue weighted by Gasteiger charge is 2.23. The molecule has 1 aliphatic heterocycles. The van der Waals surface area contributed by atoms with E-state index in [1.165, 1.54) is 4.31 Å². The van der Waals surface area contributed by atoms with E-state index in [2.05, 4.69) is 4.90 Å². The molecule has 106 valence electrons. The number of hydrogen-bond acceptors (Lipinski definition) is 4. The van der Waals surface area contributed by atoms with Gasteiger partial charge < -0.3 is 4.74 Å². The summed E-state index contributed by atoms with van der Waals surface area (Å²) in [6, 6.07) is 6.94. The van der Waals surface area contributed by atoms with E-state index in [-0.39, 0.29) is 0 Å². The van der Waals surface area contributed by atoms with Gasteiger partial charge in [-0.2, -0.15) is 4.31 Å². The molecule has 6 heteroatoms. The van der Waals surface area contributed by atoms with Crippen LogP contribution in [-0.2, 0) is 14.8 Å². The van der Waals surface area contributed by atoms with Gasteiger partial charge in [-0.3, -0.25) is 4.90 Å². The third-order valence-electron chi connectivity index (χ3n) is 3.23. The molecule has 0 bridgehead atoms. The van der Waals surface area contributed by atoms with E-state index < -0.39 is 10.0 Å². The van der Waals surface area contributed by atoms with Gasteiger partial charge in [-0.15, -0.1) is 0 Å². The Morgan fingerprint density at radius 3 is 2.37 bits per heavy atom. The van der Waals surface area contributed by atoms with E-state index in [0.717, 1.165) is 18.7 Å². The summed E-state index contributed by atoms with van der Waals surface area (Å²) in [6.07, 6.45) is 0. The Balaban J connectivity index is 2.07. The van der Waals surface area contributed by atoms with Gasteiger partial charge in [0.2, 0.25) is 10.0 Å². The number of hydrogen-bond donors (Lipinski definition) is 0. The van der Waals surface area contributed by atoms with Gasteiger partial charge in [-0.25, -0.2) is 8.42 Å². The maximum atomic E-state index is 12.4. The van der Waals surface area contributed by atoms with Gasteiger partial charge in [-0.05, 0) is 19.1 Å². The Bertz CT molecular complexity index is 507. The molecule has 1 saturated heterocycles. The summed E-state index contributed by atoms with van der Waals surface area (Å²) in [6.45, 7) is 5.21. The second-order valence-electron chi connectivity index (χ2n) is 4.79. The van der Waals surface area contributed by atoms with Crippen LogP contribution in [0.5, 0.6) is 0 Å². The lowest BCUT2D eigenvalue weighted by molar-refractivity contribution is 0.0258. The van der Waals surface area contributed by atoms with Crippen LogP contribution >= 0.6 is 0 Å². The lowest BCUT2D eigenvalue weighted by Crippen LogP contribution is -2.44. The van der Waals surface area contributed by atoms with Crippen LogP contribution in [0.1, 0.15) is 5.56 Å². The van der Waals surface area contributed by atoms with E-state index in [4.69, 9.17) is 4.74 Å². The van der Waals surface area contributed by atoms with Crippen molar-refractivity contribution in [2.45, 2.75) is 11.8 Å². The minimum absolute atomic E-state index is 0.342. The number of ether oxygens (including phenoxy) is 1. The van der Waals surface area contributed by atoms with Crippen molar-refractivity contribution in [2.24, 2.45) is 0 Å². The molecule has 0 unspecified atom stereocenters. The quantitative estimate of drug-likeness (QED) is 0.824. The number of aryl methyl sites for hydroxylation is 1. The maximum Gasteiger partial charge on any atom is 0.243 e. The number of nitrogens with zero attached hydrogens (tertiary/aromatic N) is 2. The SMILES string of the molecule is Cc1ccc(S(=O)(=O)N(C)CN2CCOCC2)cc1. The number of benzene rings is 1. The lowest BCUT2D eigenvalue weighted by Gasteiger charge is -2.30. The van der Waals surface area contributed by atoms with Gasteiger partial charge in [0.25, 0.3) is 0 Å². The zero-order valence-electron chi connectivity index (χ0n) is 11.4. The summed E-state index contributed by atoms with van der Waals surface area (Å²) in [5.74, 6) is 0. The maximum absolute atomic E-state index is 12.4. The normalized spacial score (nSPS) is 17.8. The molecule has 5 nitrogen and oxygen atoms in total. The number of sulfonamides is 1. The third kappa shape index (κ3) is 3.54. The fourth-order valence-electron chi connectivity index (χ4n) is 1.99. The van der Waals surface area contributed by atoms with Crippen molar-refractivity contribution < 1.29 is 13.2 Å². The highest BCUT2D eigenvalue weighted by Crippen LogP contribution is 2.15. The summed E-state index contributed by atoms with van der Waals surface area (Å²) >= 11 is 0. The Labute approximate surface area is 114 Å². The molecule has 2 rings (SSSR count). The van der Waals surface area contributed by atoms with E-state index in [1.807, 2.05) is 19.1 Å². The van der Waals surface area contributed by atoms with Crippen molar-refractivity contribution in [1.82, 2.24) is 9.21 Å². The van der Waals surface area contributed by atoms with E-state index in [0.29, 0.717) is 24.8 Å². The molecular formula is C13H20N2O3S. The van der Waals surface area contributed by atoms with Gasteiger partial charge >= 0.3 is 0 Å². The molecular weight excluding hydrogens is 264 g/mol. The van der Waals surface area contributed by atoms with Crippen LogP contribution < -0.4 is 0 Å². The van der Waals surface area contributed by atoms with Crippen LogP contribution in [0.3, 0.4) is 0 Å². The molecule has 0 aromatic heterocycles. The minimum Gasteiger partial charge on any atom is -0.379 e. The summed E-state index contributed by atoms with van der Waals surface area (Å²) < 4.78 is 31.4. The molecule has 1 aromatic carbocycles. The predicted molar refractivity (Wildman–Crippen MR) is 73.4 cm³/mol. The largest absolute Gasteiger partial charge is 0.379 e. The topological polar surface area (TPSA) is 49.9 Å². The van der Waals surface area contributed by atoms with Crippen molar-refractivity contribution >= 4 is 10.0 Å². The molecule has 0 spiro atoms. The first-order chi connectivity index (χ1) is 9.00. The molecule has 19 heavy (non-hydrogen) atoms. The lowest BCUT2D eigenvalue weighted by atomic mass is 10.2. The van der Waals surface area contributed by atoms with E-state index in [9.17, 15) is 8.42 Å². The molecule has 1 aliphatic rings. The minimum atomic E-state index is -3.40. The molecule has 0 saturated carbocycles. The average Bonchev–Trinajstić information content (AvgIpc) is 2.40. The monoisotopic (exact) mass is 284 g/mol. The summed E-state index contributed by atoms with van der Waals surface area (Å²) in [5.41, 5.74) is 1.05. The van der Waals surface area contributed by atoms with Crippen molar-refractivity contribution in [1.29, 1.82) is 0 Å². The Morgan fingerprint density at radius 1 is 1.21 bits per heavy atom. The van der Waals surface area contributed by atoms with Gasteiger partial charge in [0.1, 0.15) is 0 Å². The molecule has 1 heterocycles. The first-order valence-electron chi connectivity index (χ1n) is 6.33. The molecule has 0 radical (unpaired) electrons. The van der Waals surface area contributed by atoms with Gasteiger partial charge in [0.15, 0.2) is 0 Å². The van der Waals surface area contributed by atoms with Crippen LogP contribution in [0.15, 0.2) is 29.2 Å². The van der Waals surface area contributed by atoms with Gasteiger partial charge in [0, 0.05) is 20.1 Å². The number of rotatable bonds is 4. The zero-order valence-corrected chi connectivity index (χ0v) is 12.2. The molecule has 1 aromatic rings. The third-order valence-corrected chi connectivity index (χ3v) is 5.04. The molecule has 0 amide bonds. The molecule has 0 aliphatic carbocycles. The molecule has 0 N–H and O–H groups in total. The van der Waals surface area contributed by atoms with Gasteiger partial charge in [-0.1, -0.05) is 17.7 Å². The van der Waals surface area contributed by atoms with Crippen molar-refractivity contribution in [3.8, 4) is 0 Å². The summed E-state index contributed by atoms with van der Waals surface area (Å²) in [5, 5.41) is 0.